The van der Waals surface area contributed by atoms with Crippen molar-refractivity contribution in [2.45, 2.75) is 13.2 Å². The number of aromatic nitrogens is 5. The van der Waals surface area contributed by atoms with Gasteiger partial charge in [0.2, 0.25) is 5.91 Å². The third-order valence-electron chi connectivity index (χ3n) is 5.36. The predicted octanol–water partition coefficient (Wildman–Crippen LogP) is 3.75. The zero-order valence-corrected chi connectivity index (χ0v) is 19.9. The van der Waals surface area contributed by atoms with Crippen molar-refractivity contribution in [2.75, 3.05) is 19.4 Å². The van der Waals surface area contributed by atoms with E-state index in [4.69, 9.17) is 4.74 Å². The van der Waals surface area contributed by atoms with E-state index in [2.05, 4.69) is 20.5 Å². The van der Waals surface area contributed by atoms with Crippen molar-refractivity contribution in [1.29, 1.82) is 0 Å². The Morgan fingerprint density at radius 2 is 2.11 bits per heavy atom. The highest BCUT2D eigenvalue weighted by Crippen LogP contribution is 2.39. The number of nitrogens with one attached hydrogen (secondary N) is 1. The van der Waals surface area contributed by atoms with Crippen LogP contribution in [0.25, 0.3) is 27.0 Å². The quantitative estimate of drug-likeness (QED) is 0.357. The highest BCUT2D eigenvalue weighted by Gasteiger charge is 2.23. The summed E-state index contributed by atoms with van der Waals surface area (Å²) in [6, 6.07) is 6.69. The highest BCUT2D eigenvalue weighted by molar-refractivity contribution is 7.17. The lowest BCUT2D eigenvalue weighted by molar-refractivity contribution is -0.129. The largest absolute Gasteiger partial charge is 0.434 e. The second-order valence-corrected chi connectivity index (χ2v) is 8.91. The van der Waals surface area contributed by atoms with Gasteiger partial charge in [0.05, 0.1) is 11.9 Å². The molecule has 0 aliphatic carbocycles. The van der Waals surface area contributed by atoms with Gasteiger partial charge in [0.1, 0.15) is 23.6 Å². The number of anilines is 1. The number of thiophene rings is 1. The Hall–Kier alpha value is -4.39. The molecule has 2 amide bonds. The van der Waals surface area contributed by atoms with E-state index in [9.17, 15) is 18.4 Å². The number of likely N-dealkylation sites (N-methyl/N-ethyl adjacent to an activating group) is 1. The lowest BCUT2D eigenvalue weighted by Gasteiger charge is -2.12. The molecule has 36 heavy (non-hydrogen) atoms. The fourth-order valence-corrected chi connectivity index (χ4v) is 4.42. The molecule has 0 unspecified atom stereocenters. The van der Waals surface area contributed by atoms with Gasteiger partial charge >= 0.3 is 6.61 Å². The van der Waals surface area contributed by atoms with Gasteiger partial charge in [0.25, 0.3) is 5.91 Å². The van der Waals surface area contributed by atoms with E-state index in [0.717, 1.165) is 10.1 Å². The van der Waals surface area contributed by atoms with Gasteiger partial charge in [-0.05, 0) is 35.0 Å². The van der Waals surface area contributed by atoms with E-state index in [0.29, 0.717) is 5.65 Å². The van der Waals surface area contributed by atoms with Crippen molar-refractivity contribution in [3.05, 3.63) is 60.0 Å². The van der Waals surface area contributed by atoms with E-state index in [1.807, 2.05) is 11.4 Å². The summed E-state index contributed by atoms with van der Waals surface area (Å²) in [5.74, 6) is -0.875. The van der Waals surface area contributed by atoms with E-state index >= 15 is 0 Å². The predicted molar refractivity (Wildman–Crippen MR) is 129 cm³/mol. The van der Waals surface area contributed by atoms with Crippen molar-refractivity contribution in [3.63, 3.8) is 0 Å². The molecule has 0 saturated heterocycles. The molecule has 1 aromatic carbocycles. The van der Waals surface area contributed by atoms with Gasteiger partial charge < -0.3 is 15.0 Å². The molecule has 0 fully saturated rings. The normalized spacial score (nSPS) is 11.4. The topological polar surface area (TPSA) is 107 Å². The van der Waals surface area contributed by atoms with Crippen LogP contribution in [-0.4, -0.2) is 61.8 Å². The first-order valence-corrected chi connectivity index (χ1v) is 11.5. The van der Waals surface area contributed by atoms with Crippen molar-refractivity contribution < 1.29 is 23.1 Å². The molecule has 0 saturated carbocycles. The number of ether oxygens (including phenoxy) is 1. The zero-order valence-electron chi connectivity index (χ0n) is 19.1. The van der Waals surface area contributed by atoms with Crippen LogP contribution in [0.4, 0.5) is 14.5 Å². The smallest absolute Gasteiger partial charge is 0.387 e. The van der Waals surface area contributed by atoms with Crippen LogP contribution in [0.5, 0.6) is 5.75 Å². The number of hydrogen-bond acceptors (Lipinski definition) is 7. The maximum atomic E-state index is 13.3. The molecule has 4 heterocycles. The molecule has 5 rings (SSSR count). The molecule has 4 aromatic heterocycles. The Labute approximate surface area is 206 Å². The van der Waals surface area contributed by atoms with Crippen LogP contribution in [0.3, 0.4) is 0 Å². The van der Waals surface area contributed by atoms with Gasteiger partial charge in [-0.25, -0.2) is 9.50 Å². The van der Waals surface area contributed by atoms with Crippen molar-refractivity contribution in [3.8, 4) is 17.0 Å². The molecular formula is C23H19F2N7O3S. The van der Waals surface area contributed by atoms with Crippen LogP contribution in [0.1, 0.15) is 10.4 Å². The number of rotatable bonds is 7. The van der Waals surface area contributed by atoms with Gasteiger partial charge in [-0.2, -0.15) is 19.0 Å². The maximum absolute atomic E-state index is 13.3. The van der Waals surface area contributed by atoms with Crippen LogP contribution in [0.2, 0.25) is 0 Å². The molecule has 5 aromatic rings. The Kier molecular flexibility index (Phi) is 6.06. The zero-order chi connectivity index (χ0) is 25.4. The molecule has 184 valence electrons. The number of amides is 2. The standard InChI is InChI=1S/C23H19F2N7O3S/c1-30(2)19(33)12-31-11-16(28-22(34)15-10-27-32-6-3-5-26-21(15)32)20(29-31)14-8-13-4-7-36-18(13)9-17(14)35-23(24)25/h3-11,23H,12H2,1-2H3,(H,28,34). The van der Waals surface area contributed by atoms with Crippen molar-refractivity contribution >= 4 is 44.6 Å². The van der Waals surface area contributed by atoms with Gasteiger partial charge in [0, 0.05) is 42.9 Å². The second kappa shape index (κ2) is 9.34. The molecule has 0 atom stereocenters. The average molecular weight is 512 g/mol. The third-order valence-corrected chi connectivity index (χ3v) is 6.24. The summed E-state index contributed by atoms with van der Waals surface area (Å²) in [6.45, 7) is -3.19. The van der Waals surface area contributed by atoms with Crippen LogP contribution < -0.4 is 10.1 Å². The number of benzene rings is 1. The number of hydrogen-bond donors (Lipinski definition) is 1. The number of fused-ring (bicyclic) bond motifs is 2. The van der Waals surface area contributed by atoms with Crippen LogP contribution in [-0.2, 0) is 11.3 Å². The molecule has 0 bridgehead atoms. The first-order chi connectivity index (χ1) is 17.3. The van der Waals surface area contributed by atoms with Gasteiger partial charge in [-0.3, -0.25) is 14.3 Å². The number of halogens is 2. The monoisotopic (exact) mass is 511 g/mol. The summed E-state index contributed by atoms with van der Waals surface area (Å²) in [4.78, 5) is 31.1. The average Bonchev–Trinajstić information content (AvgIpc) is 3.56. The Morgan fingerprint density at radius 3 is 2.89 bits per heavy atom. The fourth-order valence-electron chi connectivity index (χ4n) is 3.62. The number of carbonyl (C=O) groups is 2. The molecule has 13 heteroatoms. The third kappa shape index (κ3) is 4.47. The van der Waals surface area contributed by atoms with E-state index < -0.39 is 12.5 Å². The van der Waals surface area contributed by atoms with E-state index in [1.165, 1.54) is 50.1 Å². The minimum atomic E-state index is -3.07. The van der Waals surface area contributed by atoms with Crippen LogP contribution >= 0.6 is 11.3 Å². The van der Waals surface area contributed by atoms with E-state index in [-0.39, 0.29) is 40.7 Å². The molecule has 0 spiro atoms. The summed E-state index contributed by atoms with van der Waals surface area (Å²) < 4.78 is 34.9. The lowest BCUT2D eigenvalue weighted by atomic mass is 10.1. The van der Waals surface area contributed by atoms with E-state index in [1.54, 1.807) is 32.4 Å². The van der Waals surface area contributed by atoms with Gasteiger partial charge in [-0.15, -0.1) is 11.3 Å². The fraction of sp³-hybridized carbons (Fsp3) is 0.174. The molecule has 0 aliphatic rings. The summed E-state index contributed by atoms with van der Waals surface area (Å²) in [5.41, 5.74) is 1.16. The Bertz CT molecular complexity index is 1590. The Balaban J connectivity index is 1.60. The van der Waals surface area contributed by atoms with Crippen molar-refractivity contribution in [1.82, 2.24) is 29.3 Å². The van der Waals surface area contributed by atoms with Crippen molar-refractivity contribution in [2.24, 2.45) is 0 Å². The molecule has 0 radical (unpaired) electrons. The molecule has 10 nitrogen and oxygen atoms in total. The van der Waals surface area contributed by atoms with Crippen LogP contribution in [0.15, 0.2) is 54.4 Å². The summed E-state index contributed by atoms with van der Waals surface area (Å²) in [5, 5.41) is 14.0. The highest BCUT2D eigenvalue weighted by atomic mass is 32.1. The number of nitrogens with zero attached hydrogens (tertiary/aromatic N) is 6. The summed E-state index contributed by atoms with van der Waals surface area (Å²) in [7, 11) is 3.21. The first-order valence-electron chi connectivity index (χ1n) is 10.6. The van der Waals surface area contributed by atoms with Gasteiger partial charge in [-0.1, -0.05) is 0 Å². The Morgan fingerprint density at radius 1 is 1.28 bits per heavy atom. The summed E-state index contributed by atoms with van der Waals surface area (Å²) in [6.07, 6.45) is 6.03. The second-order valence-electron chi connectivity index (χ2n) is 7.96. The number of alkyl halides is 2. The molecule has 0 aliphatic heterocycles. The molecular weight excluding hydrogens is 492 g/mol. The summed E-state index contributed by atoms with van der Waals surface area (Å²) >= 11 is 1.38. The first kappa shape index (κ1) is 23.4. The minimum Gasteiger partial charge on any atom is -0.434 e. The number of carbonyl (C=O) groups excluding carboxylic acids is 2. The lowest BCUT2D eigenvalue weighted by Crippen LogP contribution is -2.26. The maximum Gasteiger partial charge on any atom is 0.387 e. The minimum absolute atomic E-state index is 0.0997. The van der Waals surface area contributed by atoms with Crippen LogP contribution in [0, 0.1) is 0 Å². The van der Waals surface area contributed by atoms with Gasteiger partial charge in [0.15, 0.2) is 5.65 Å². The SMILES string of the molecule is CN(C)C(=O)Cn1cc(NC(=O)c2cnn3cccnc23)c(-c2cc3ccsc3cc2OC(F)F)n1. The molecule has 1 N–H and O–H groups in total.